The first kappa shape index (κ1) is 9.16. The zero-order chi connectivity index (χ0) is 10.3. The molecule has 1 aliphatic carbocycles. The molecule has 1 atom stereocenters. The average Bonchev–Trinajstić information content (AvgIpc) is 2.29. The van der Waals surface area contributed by atoms with Crippen molar-refractivity contribution in [3.63, 3.8) is 0 Å². The summed E-state index contributed by atoms with van der Waals surface area (Å²) in [5.74, 6) is 0.448. The molecule has 76 valence electrons. The molecule has 1 unspecified atom stereocenters. The van der Waals surface area contributed by atoms with Crippen LogP contribution in [0.25, 0.3) is 0 Å². The topological polar surface area (TPSA) is 24.4 Å². The third kappa shape index (κ3) is 1.51. The zero-order valence-electron chi connectivity index (χ0n) is 8.20. The summed E-state index contributed by atoms with van der Waals surface area (Å²) in [6, 6.07) is 0. The Morgan fingerprint density at radius 2 is 2.33 bits per heavy atom. The van der Waals surface area contributed by atoms with E-state index in [9.17, 15) is 0 Å². The zero-order valence-corrected chi connectivity index (χ0v) is 9.79. The van der Waals surface area contributed by atoms with Gasteiger partial charge in [0.15, 0.2) is 0 Å². The summed E-state index contributed by atoms with van der Waals surface area (Å²) in [4.78, 5) is 4.58. The van der Waals surface area contributed by atoms with Gasteiger partial charge in [-0.25, -0.2) is 4.99 Å². The number of fused-ring (bicyclic) bond motifs is 2. The maximum atomic E-state index is 4.58. The van der Waals surface area contributed by atoms with Crippen molar-refractivity contribution in [2.45, 2.75) is 6.42 Å². The van der Waals surface area contributed by atoms with Crippen LogP contribution in [0.3, 0.4) is 0 Å². The minimum atomic E-state index is 0.448. The molecule has 3 heteroatoms. The maximum absolute atomic E-state index is 4.58. The van der Waals surface area contributed by atoms with Gasteiger partial charge in [0.25, 0.3) is 0 Å². The van der Waals surface area contributed by atoms with Gasteiger partial charge in [-0.3, -0.25) is 0 Å². The van der Waals surface area contributed by atoms with Crippen LogP contribution >= 0.6 is 15.9 Å². The lowest BCUT2D eigenvalue weighted by Crippen LogP contribution is -2.31. The van der Waals surface area contributed by atoms with Gasteiger partial charge in [-0.2, -0.15) is 0 Å². The van der Waals surface area contributed by atoms with E-state index in [2.05, 4.69) is 56.6 Å². The first-order valence-electron chi connectivity index (χ1n) is 5.12. The number of nitrogens with one attached hydrogen (secondary N) is 1. The first-order valence-corrected chi connectivity index (χ1v) is 5.91. The Labute approximate surface area is 97.3 Å². The number of aliphatic imine (C=N–C) groups is 1. The number of hydrogen-bond donors (Lipinski definition) is 1. The van der Waals surface area contributed by atoms with Gasteiger partial charge in [0.05, 0.1) is 11.4 Å². The van der Waals surface area contributed by atoms with Crippen molar-refractivity contribution in [3.05, 3.63) is 46.3 Å². The molecule has 0 saturated heterocycles. The molecule has 3 rings (SSSR count). The fraction of sp³-hybridized carbons (Fsp3) is 0.250. The van der Waals surface area contributed by atoms with Gasteiger partial charge >= 0.3 is 0 Å². The van der Waals surface area contributed by atoms with Gasteiger partial charge < -0.3 is 5.32 Å². The van der Waals surface area contributed by atoms with Crippen LogP contribution in [0, 0.1) is 5.92 Å². The number of rotatable bonds is 0. The standard InChI is InChI=1S/C12H11BrN2/c13-10-6-5-9-4-3-8-2-1-7-14-11(8)12(9)15-10/h1-4,6,9,14H,5,7H2. The molecule has 0 bridgehead atoms. The summed E-state index contributed by atoms with van der Waals surface area (Å²) in [5, 5.41) is 3.40. The Kier molecular flexibility index (Phi) is 2.13. The fourth-order valence-corrected chi connectivity index (χ4v) is 2.50. The largest absolute Gasteiger partial charge is 0.380 e. The molecule has 0 spiro atoms. The van der Waals surface area contributed by atoms with Gasteiger partial charge in [-0.05, 0) is 27.9 Å². The van der Waals surface area contributed by atoms with Gasteiger partial charge in [-0.1, -0.05) is 30.4 Å². The predicted molar refractivity (Wildman–Crippen MR) is 65.9 cm³/mol. The summed E-state index contributed by atoms with van der Waals surface area (Å²) in [7, 11) is 0. The van der Waals surface area contributed by atoms with Crippen molar-refractivity contribution in [3.8, 4) is 0 Å². The third-order valence-electron chi connectivity index (χ3n) is 2.87. The van der Waals surface area contributed by atoms with E-state index in [4.69, 9.17) is 0 Å². The Balaban J connectivity index is 2.10. The molecular weight excluding hydrogens is 252 g/mol. The van der Waals surface area contributed by atoms with E-state index in [1.807, 2.05) is 0 Å². The highest BCUT2D eigenvalue weighted by Gasteiger charge is 2.25. The van der Waals surface area contributed by atoms with Crippen LogP contribution in [0.2, 0.25) is 0 Å². The van der Waals surface area contributed by atoms with E-state index in [1.165, 1.54) is 17.0 Å². The van der Waals surface area contributed by atoms with Crippen LogP contribution in [-0.2, 0) is 0 Å². The number of dihydropyridines is 1. The highest BCUT2D eigenvalue weighted by Crippen LogP contribution is 2.30. The normalized spacial score (nSPS) is 27.7. The molecule has 0 radical (unpaired) electrons. The number of allylic oxidation sites excluding steroid dienone is 6. The molecule has 0 saturated carbocycles. The van der Waals surface area contributed by atoms with Crippen molar-refractivity contribution < 1.29 is 0 Å². The summed E-state index contributed by atoms with van der Waals surface area (Å²) < 4.78 is 0.951. The van der Waals surface area contributed by atoms with Crippen LogP contribution in [0.5, 0.6) is 0 Å². The van der Waals surface area contributed by atoms with Gasteiger partial charge in [0.2, 0.25) is 0 Å². The number of nitrogens with zero attached hydrogens (tertiary/aromatic N) is 1. The summed E-state index contributed by atoms with van der Waals surface area (Å²) in [6.45, 7) is 0.903. The van der Waals surface area contributed by atoms with Crippen LogP contribution < -0.4 is 5.32 Å². The number of halogens is 1. The maximum Gasteiger partial charge on any atom is 0.102 e. The van der Waals surface area contributed by atoms with Crippen LogP contribution in [0.4, 0.5) is 0 Å². The van der Waals surface area contributed by atoms with Crippen molar-refractivity contribution in [2.24, 2.45) is 10.9 Å². The van der Waals surface area contributed by atoms with E-state index in [-0.39, 0.29) is 0 Å². The second-order valence-electron chi connectivity index (χ2n) is 3.84. The second kappa shape index (κ2) is 3.49. The quantitative estimate of drug-likeness (QED) is 0.667. The van der Waals surface area contributed by atoms with E-state index in [1.54, 1.807) is 0 Å². The van der Waals surface area contributed by atoms with Gasteiger partial charge in [0, 0.05) is 12.5 Å². The predicted octanol–water partition coefficient (Wildman–Crippen LogP) is 2.67. The Hall–Kier alpha value is -1.09. The second-order valence-corrected chi connectivity index (χ2v) is 4.65. The first-order chi connectivity index (χ1) is 7.34. The minimum Gasteiger partial charge on any atom is -0.380 e. The summed E-state index contributed by atoms with van der Waals surface area (Å²) in [6.07, 6.45) is 11.9. The highest BCUT2D eigenvalue weighted by molar-refractivity contribution is 9.11. The monoisotopic (exact) mass is 262 g/mol. The van der Waals surface area contributed by atoms with E-state index in [0.29, 0.717) is 5.92 Å². The van der Waals surface area contributed by atoms with Crippen molar-refractivity contribution in [1.29, 1.82) is 0 Å². The van der Waals surface area contributed by atoms with Crippen molar-refractivity contribution in [2.75, 3.05) is 6.54 Å². The van der Waals surface area contributed by atoms with Crippen LogP contribution in [0.15, 0.2) is 51.2 Å². The molecule has 0 aromatic heterocycles. The van der Waals surface area contributed by atoms with Crippen LogP contribution in [-0.4, -0.2) is 12.3 Å². The molecule has 1 N–H and O–H groups in total. The van der Waals surface area contributed by atoms with Gasteiger partial charge in [0.1, 0.15) is 4.61 Å². The lowest BCUT2D eigenvalue weighted by molar-refractivity contribution is 0.812. The molecule has 2 nitrogen and oxygen atoms in total. The lowest BCUT2D eigenvalue weighted by atomic mass is 9.87. The third-order valence-corrected chi connectivity index (χ3v) is 3.37. The average molecular weight is 263 g/mol. The molecule has 2 aliphatic heterocycles. The fourth-order valence-electron chi connectivity index (χ4n) is 2.12. The Bertz CT molecular complexity index is 452. The summed E-state index contributed by atoms with van der Waals surface area (Å²) in [5.41, 5.74) is 3.62. The molecule has 2 heterocycles. The molecule has 3 aliphatic rings. The van der Waals surface area contributed by atoms with Crippen molar-refractivity contribution >= 4 is 21.6 Å². The molecular formula is C12H11BrN2. The van der Waals surface area contributed by atoms with Gasteiger partial charge in [-0.15, -0.1) is 0 Å². The van der Waals surface area contributed by atoms with Crippen molar-refractivity contribution in [1.82, 2.24) is 5.32 Å². The molecule has 15 heavy (non-hydrogen) atoms. The van der Waals surface area contributed by atoms with E-state index < -0.39 is 0 Å². The molecule has 0 fully saturated rings. The molecule has 0 aromatic carbocycles. The van der Waals surface area contributed by atoms with Crippen LogP contribution in [0.1, 0.15) is 6.42 Å². The minimum absolute atomic E-state index is 0.448. The Morgan fingerprint density at radius 1 is 1.40 bits per heavy atom. The summed E-state index contributed by atoms with van der Waals surface area (Å²) >= 11 is 3.45. The molecule has 0 amide bonds. The Morgan fingerprint density at radius 3 is 3.27 bits per heavy atom. The lowest BCUT2D eigenvalue weighted by Gasteiger charge is -2.27. The number of hydrogen-bond acceptors (Lipinski definition) is 2. The van der Waals surface area contributed by atoms with E-state index in [0.717, 1.165) is 17.6 Å². The molecule has 0 aromatic rings. The van der Waals surface area contributed by atoms with E-state index >= 15 is 0 Å². The SMILES string of the molecule is BrC1=CCC2C=CC3=C(NCC=C3)C2=N1. The highest BCUT2D eigenvalue weighted by atomic mass is 79.9. The smallest absolute Gasteiger partial charge is 0.102 e.